The van der Waals surface area contributed by atoms with Gasteiger partial charge in [0.1, 0.15) is 9.88 Å². The quantitative estimate of drug-likeness (QED) is 0.805. The summed E-state index contributed by atoms with van der Waals surface area (Å²) in [5.41, 5.74) is 6.30. The Labute approximate surface area is 154 Å². The van der Waals surface area contributed by atoms with Crippen molar-refractivity contribution in [3.63, 3.8) is 0 Å². The van der Waals surface area contributed by atoms with Gasteiger partial charge in [-0.05, 0) is 44.7 Å². The van der Waals surface area contributed by atoms with Gasteiger partial charge in [-0.1, -0.05) is 11.6 Å². The van der Waals surface area contributed by atoms with Gasteiger partial charge in [0.15, 0.2) is 0 Å². The number of thiazole rings is 1. The maximum absolute atomic E-state index is 12.6. The molecule has 23 heavy (non-hydrogen) atoms. The molecule has 1 atom stereocenters. The van der Waals surface area contributed by atoms with Gasteiger partial charge < -0.3 is 11.1 Å². The number of nitrogens with one attached hydrogen (secondary N) is 1. The van der Waals surface area contributed by atoms with E-state index < -0.39 is 0 Å². The maximum atomic E-state index is 12.6. The summed E-state index contributed by atoms with van der Waals surface area (Å²) in [6.45, 7) is 4.34. The van der Waals surface area contributed by atoms with E-state index in [1.54, 1.807) is 0 Å². The number of hydrogen-bond donors (Lipinski definition) is 2. The number of nitrogens with two attached hydrogens (primary N) is 1. The van der Waals surface area contributed by atoms with Crippen molar-refractivity contribution >= 4 is 52.6 Å². The summed E-state index contributed by atoms with van der Waals surface area (Å²) < 4.78 is 0.721. The first kappa shape index (κ1) is 18.7. The lowest BCUT2D eigenvalue weighted by atomic mass is 9.96. The molecule has 0 radical (unpaired) electrons. The summed E-state index contributed by atoms with van der Waals surface area (Å²) in [6.07, 6.45) is 2.27. The zero-order valence-corrected chi connectivity index (χ0v) is 16.1. The van der Waals surface area contributed by atoms with Gasteiger partial charge in [0.25, 0.3) is 5.91 Å². The topological polar surface area (TPSA) is 68.0 Å². The third-order valence-electron chi connectivity index (χ3n) is 4.09. The minimum atomic E-state index is -0.320. The van der Waals surface area contributed by atoms with E-state index in [1.165, 1.54) is 22.7 Å². The normalized spacial score (nSPS) is 16.5. The Morgan fingerprint density at radius 2 is 2.17 bits per heavy atom. The lowest BCUT2D eigenvalue weighted by Gasteiger charge is -2.29. The molecule has 2 heterocycles. The SMILES string of the molecule is Cc1nc(-c2ccc(Cl)s2)sc1C(=O)NC(C)(CN)C1CC1.Cl. The highest BCUT2D eigenvalue weighted by molar-refractivity contribution is 7.24. The molecule has 0 aliphatic heterocycles. The van der Waals surface area contributed by atoms with Crippen molar-refractivity contribution in [1.82, 2.24) is 10.3 Å². The largest absolute Gasteiger partial charge is 0.345 e. The molecular formula is C15H19Cl2N3OS2. The Morgan fingerprint density at radius 3 is 2.70 bits per heavy atom. The molecule has 1 saturated carbocycles. The van der Waals surface area contributed by atoms with Crippen LogP contribution >= 0.6 is 46.7 Å². The number of nitrogens with zero attached hydrogens (tertiary/aromatic N) is 1. The fourth-order valence-corrected chi connectivity index (χ4v) is 4.56. The van der Waals surface area contributed by atoms with E-state index in [2.05, 4.69) is 10.3 Å². The molecule has 1 amide bonds. The van der Waals surface area contributed by atoms with E-state index in [-0.39, 0.29) is 23.9 Å². The zero-order valence-electron chi connectivity index (χ0n) is 12.9. The van der Waals surface area contributed by atoms with Gasteiger partial charge >= 0.3 is 0 Å². The first-order valence-corrected chi connectivity index (χ1v) is 9.20. The maximum Gasteiger partial charge on any atom is 0.263 e. The molecule has 1 unspecified atom stereocenters. The van der Waals surface area contributed by atoms with Crippen LogP contribution in [0.2, 0.25) is 4.34 Å². The van der Waals surface area contributed by atoms with Crippen molar-refractivity contribution in [3.05, 3.63) is 27.0 Å². The highest BCUT2D eigenvalue weighted by atomic mass is 35.5. The van der Waals surface area contributed by atoms with Crippen LogP contribution in [0.25, 0.3) is 9.88 Å². The van der Waals surface area contributed by atoms with E-state index in [4.69, 9.17) is 17.3 Å². The average Bonchev–Trinajstić information content (AvgIpc) is 3.15. The van der Waals surface area contributed by atoms with Crippen LogP contribution in [0.3, 0.4) is 0 Å². The van der Waals surface area contributed by atoms with E-state index >= 15 is 0 Å². The lowest BCUT2D eigenvalue weighted by Crippen LogP contribution is -2.53. The molecule has 3 rings (SSSR count). The second-order valence-corrected chi connectivity index (χ2v) is 8.60. The van der Waals surface area contributed by atoms with Gasteiger partial charge in [-0.3, -0.25) is 4.79 Å². The number of amides is 1. The first-order valence-electron chi connectivity index (χ1n) is 7.18. The van der Waals surface area contributed by atoms with Crippen molar-refractivity contribution in [2.45, 2.75) is 32.2 Å². The van der Waals surface area contributed by atoms with E-state index in [0.717, 1.165) is 32.8 Å². The Balaban J connectivity index is 0.00000192. The fraction of sp³-hybridized carbons (Fsp3) is 0.467. The number of carbonyl (C=O) groups is 1. The number of aromatic nitrogens is 1. The zero-order chi connectivity index (χ0) is 15.9. The molecular weight excluding hydrogens is 373 g/mol. The smallest absolute Gasteiger partial charge is 0.263 e. The van der Waals surface area contributed by atoms with Crippen LogP contribution in [0.5, 0.6) is 0 Å². The van der Waals surface area contributed by atoms with Crippen molar-refractivity contribution < 1.29 is 4.79 Å². The number of aryl methyl sites for hydroxylation is 1. The Hall–Kier alpha value is -0.660. The lowest BCUT2D eigenvalue weighted by molar-refractivity contribution is 0.0901. The van der Waals surface area contributed by atoms with Crippen LogP contribution in [0, 0.1) is 12.8 Å². The fourth-order valence-electron chi connectivity index (χ4n) is 2.50. The molecule has 3 N–H and O–H groups in total. The Bertz CT molecular complexity index is 711. The number of thiophene rings is 1. The second kappa shape index (κ2) is 7.07. The van der Waals surface area contributed by atoms with Crippen LogP contribution in [0.15, 0.2) is 12.1 Å². The summed E-state index contributed by atoms with van der Waals surface area (Å²) >= 11 is 8.84. The van der Waals surface area contributed by atoms with E-state index in [0.29, 0.717) is 17.3 Å². The summed E-state index contributed by atoms with van der Waals surface area (Å²) in [6, 6.07) is 3.78. The molecule has 0 bridgehead atoms. The van der Waals surface area contributed by atoms with Crippen molar-refractivity contribution in [3.8, 4) is 9.88 Å². The summed E-state index contributed by atoms with van der Waals surface area (Å²) in [5.74, 6) is 0.411. The highest BCUT2D eigenvalue weighted by Crippen LogP contribution is 2.40. The van der Waals surface area contributed by atoms with Gasteiger partial charge in [0.05, 0.1) is 20.4 Å². The number of halogens is 2. The molecule has 2 aromatic heterocycles. The van der Waals surface area contributed by atoms with Crippen LogP contribution < -0.4 is 11.1 Å². The molecule has 4 nitrogen and oxygen atoms in total. The number of rotatable bonds is 5. The monoisotopic (exact) mass is 391 g/mol. The average molecular weight is 392 g/mol. The second-order valence-electron chi connectivity index (χ2n) is 5.89. The minimum absolute atomic E-state index is 0. The van der Waals surface area contributed by atoms with Crippen LogP contribution in [0.1, 0.15) is 35.1 Å². The van der Waals surface area contributed by atoms with Crippen molar-refractivity contribution in [2.75, 3.05) is 6.54 Å². The predicted molar refractivity (Wildman–Crippen MR) is 100 cm³/mol. The number of hydrogen-bond acceptors (Lipinski definition) is 5. The standard InChI is InChI=1S/C15H18ClN3OS2.ClH/c1-8-12(13(20)19-15(2,7-17)9-3-4-9)22-14(18-8)10-5-6-11(16)21-10;/h5-6,9H,3-4,7,17H2,1-2H3,(H,19,20);1H. The van der Waals surface area contributed by atoms with Gasteiger partial charge in [0.2, 0.25) is 0 Å². The predicted octanol–water partition coefficient (Wildman–Crippen LogP) is 4.11. The van der Waals surface area contributed by atoms with E-state index in [1.807, 2.05) is 26.0 Å². The van der Waals surface area contributed by atoms with Gasteiger partial charge in [0, 0.05) is 6.54 Å². The van der Waals surface area contributed by atoms with Gasteiger partial charge in [-0.15, -0.1) is 35.1 Å². The summed E-state index contributed by atoms with van der Waals surface area (Å²) in [7, 11) is 0. The Kier molecular flexibility index (Phi) is 5.74. The van der Waals surface area contributed by atoms with Crippen LogP contribution in [-0.4, -0.2) is 23.0 Å². The number of carbonyl (C=O) groups excluding carboxylic acids is 1. The van der Waals surface area contributed by atoms with E-state index in [9.17, 15) is 4.79 Å². The van der Waals surface area contributed by atoms with Crippen molar-refractivity contribution in [2.24, 2.45) is 11.7 Å². The third kappa shape index (κ3) is 3.88. The van der Waals surface area contributed by atoms with Crippen molar-refractivity contribution in [1.29, 1.82) is 0 Å². The molecule has 0 spiro atoms. The third-order valence-corrected chi connectivity index (χ3v) is 6.64. The molecule has 0 aromatic carbocycles. The van der Waals surface area contributed by atoms with Gasteiger partial charge in [-0.2, -0.15) is 0 Å². The molecule has 0 saturated heterocycles. The molecule has 1 aliphatic carbocycles. The first-order chi connectivity index (χ1) is 10.4. The summed E-state index contributed by atoms with van der Waals surface area (Å²) in [5, 5.41) is 3.95. The molecule has 8 heteroatoms. The molecule has 2 aromatic rings. The van der Waals surface area contributed by atoms with Crippen LogP contribution in [0.4, 0.5) is 0 Å². The molecule has 126 valence electrons. The molecule has 1 fully saturated rings. The highest BCUT2D eigenvalue weighted by Gasteiger charge is 2.42. The Morgan fingerprint density at radius 1 is 1.48 bits per heavy atom. The summed E-state index contributed by atoms with van der Waals surface area (Å²) in [4.78, 5) is 18.8. The molecule has 1 aliphatic rings. The minimum Gasteiger partial charge on any atom is -0.345 e. The van der Waals surface area contributed by atoms with Gasteiger partial charge in [-0.25, -0.2) is 4.98 Å². The van der Waals surface area contributed by atoms with Crippen LogP contribution in [-0.2, 0) is 0 Å².